The van der Waals surface area contributed by atoms with E-state index in [0.717, 1.165) is 42.4 Å². The smallest absolute Gasteiger partial charge is 0.185 e. The minimum atomic E-state index is 0. The van der Waals surface area contributed by atoms with Crippen LogP contribution in [0.4, 0.5) is 28.8 Å². The number of nitriles is 1. The van der Waals surface area contributed by atoms with Crippen LogP contribution in [0.1, 0.15) is 40.7 Å². The Bertz CT molecular complexity index is 1840. The fourth-order valence-corrected chi connectivity index (χ4v) is 5.96. The van der Waals surface area contributed by atoms with Crippen molar-refractivity contribution in [2.45, 2.75) is 38.5 Å². The van der Waals surface area contributed by atoms with Gasteiger partial charge in [0.15, 0.2) is 17.3 Å². The second-order valence-corrected chi connectivity index (χ2v) is 11.1. The Hall–Kier alpha value is -4.15. The van der Waals surface area contributed by atoms with Crippen LogP contribution in [0.25, 0.3) is 11.0 Å². The number of benzene rings is 2. The van der Waals surface area contributed by atoms with E-state index in [1.807, 2.05) is 18.2 Å². The highest BCUT2D eigenvalue weighted by Crippen LogP contribution is 2.35. The lowest BCUT2D eigenvalue weighted by Gasteiger charge is -2.12. The molecule has 0 bridgehead atoms. The van der Waals surface area contributed by atoms with Gasteiger partial charge in [-0.15, -0.1) is 0 Å². The van der Waals surface area contributed by atoms with Crippen LogP contribution in [0, 0.1) is 11.3 Å². The summed E-state index contributed by atoms with van der Waals surface area (Å²) in [5, 5.41) is 24.1. The lowest BCUT2D eigenvalue weighted by Crippen LogP contribution is -2.02. The van der Waals surface area contributed by atoms with Crippen LogP contribution < -0.4 is 28.1 Å². The first-order valence-corrected chi connectivity index (χ1v) is 14.7. The number of nitrogens with one attached hydrogen (secondary N) is 3. The highest BCUT2D eigenvalue weighted by Gasteiger charge is 2.18. The monoisotopic (exact) mass is 652 g/mol. The van der Waals surface area contributed by atoms with Crippen molar-refractivity contribution < 1.29 is 5.48 Å². The zero-order valence-corrected chi connectivity index (χ0v) is 25.8. The highest BCUT2D eigenvalue weighted by molar-refractivity contribution is 6.35. The van der Waals surface area contributed by atoms with E-state index in [-0.39, 0.29) is 16.2 Å². The van der Waals surface area contributed by atoms with Gasteiger partial charge in [-0.05, 0) is 85.0 Å². The number of hydrazine groups is 1. The summed E-state index contributed by atoms with van der Waals surface area (Å²) >= 11 is 18.4. The fourth-order valence-electron chi connectivity index (χ4n) is 5.38. The van der Waals surface area contributed by atoms with Gasteiger partial charge in [0.25, 0.3) is 0 Å². The van der Waals surface area contributed by atoms with Gasteiger partial charge in [-0.2, -0.15) is 10.4 Å². The van der Waals surface area contributed by atoms with Gasteiger partial charge in [0.05, 0.1) is 21.0 Å². The lowest BCUT2D eigenvalue weighted by atomic mass is 10.1. The van der Waals surface area contributed by atoms with E-state index in [9.17, 15) is 0 Å². The molecule has 3 aromatic heterocycles. The number of aromatic nitrogens is 4. The molecule has 0 unspecified atom stereocenters. The van der Waals surface area contributed by atoms with E-state index in [2.05, 4.69) is 66.7 Å². The van der Waals surface area contributed by atoms with Gasteiger partial charge in [-0.3, -0.25) is 16.8 Å². The number of fused-ring (bicyclic) bond motifs is 3. The van der Waals surface area contributed by atoms with Gasteiger partial charge >= 0.3 is 0 Å². The molecule has 2 aliphatic carbocycles. The molecule has 11 nitrogen and oxygen atoms in total. The molecular weight excluding hydrogens is 623 g/mol. The molecule has 228 valence electrons. The Labute approximate surface area is 269 Å². The third-order valence-corrected chi connectivity index (χ3v) is 8.24. The molecule has 0 spiro atoms. The van der Waals surface area contributed by atoms with Crippen LogP contribution in [0.15, 0.2) is 48.5 Å². The van der Waals surface area contributed by atoms with Crippen molar-refractivity contribution in [1.82, 2.24) is 20.2 Å². The average molecular weight is 654 g/mol. The molecule has 0 saturated carbocycles. The number of hydrogen-bond donors (Lipinski definition) is 6. The van der Waals surface area contributed by atoms with Gasteiger partial charge in [0, 0.05) is 11.4 Å². The normalized spacial score (nSPS) is 12.5. The summed E-state index contributed by atoms with van der Waals surface area (Å²) in [7, 11) is 0. The van der Waals surface area contributed by atoms with E-state index in [1.165, 1.54) is 41.2 Å². The molecule has 3 heterocycles. The fraction of sp³-hybridized carbons (Fsp3) is 0.200. The van der Waals surface area contributed by atoms with Crippen molar-refractivity contribution in [3.8, 4) is 6.07 Å². The molecule has 0 fully saturated rings. The van der Waals surface area contributed by atoms with Crippen molar-refractivity contribution in [3.05, 3.63) is 91.5 Å². The van der Waals surface area contributed by atoms with Crippen molar-refractivity contribution in [2.24, 2.45) is 11.7 Å². The van der Waals surface area contributed by atoms with Crippen LogP contribution in [0.2, 0.25) is 15.2 Å². The summed E-state index contributed by atoms with van der Waals surface area (Å²) in [5.74, 6) is 9.57. The summed E-state index contributed by atoms with van der Waals surface area (Å²) < 4.78 is 0. The van der Waals surface area contributed by atoms with E-state index in [1.54, 1.807) is 6.07 Å². The number of anilines is 5. The Balaban J connectivity index is 0.000000186. The van der Waals surface area contributed by atoms with Gasteiger partial charge < -0.3 is 21.8 Å². The van der Waals surface area contributed by atoms with Crippen LogP contribution in [0.5, 0.6) is 0 Å². The molecule has 0 atom stereocenters. The second-order valence-electron chi connectivity index (χ2n) is 9.94. The molecule has 2 aliphatic rings. The van der Waals surface area contributed by atoms with Gasteiger partial charge in [0.1, 0.15) is 17.0 Å². The maximum atomic E-state index is 8.90. The molecule has 2 aromatic carbocycles. The molecule has 11 N–H and O–H groups in total. The predicted molar refractivity (Wildman–Crippen MR) is 178 cm³/mol. The number of aryl methyl sites for hydroxylation is 2. The summed E-state index contributed by atoms with van der Waals surface area (Å²) in [6.45, 7) is 0. The number of aromatic amines is 1. The van der Waals surface area contributed by atoms with Crippen molar-refractivity contribution in [3.63, 3.8) is 0 Å². The van der Waals surface area contributed by atoms with Crippen LogP contribution in [-0.4, -0.2) is 25.6 Å². The molecule has 0 saturated heterocycles. The van der Waals surface area contributed by atoms with E-state index < -0.39 is 0 Å². The number of hydrogen-bond acceptors (Lipinski definition) is 9. The molecule has 44 heavy (non-hydrogen) atoms. The van der Waals surface area contributed by atoms with E-state index in [0.29, 0.717) is 33.1 Å². The number of H-pyrrole nitrogens is 1. The molecule has 0 amide bonds. The summed E-state index contributed by atoms with van der Waals surface area (Å²) in [5.41, 5.74) is 14.1. The molecule has 0 radical (unpaired) electrons. The summed E-state index contributed by atoms with van der Waals surface area (Å²) in [4.78, 5) is 8.62. The van der Waals surface area contributed by atoms with Crippen molar-refractivity contribution in [1.29, 1.82) is 5.26 Å². The van der Waals surface area contributed by atoms with Crippen molar-refractivity contribution in [2.75, 3.05) is 16.4 Å². The molecule has 0 aliphatic heterocycles. The average Bonchev–Trinajstić information content (AvgIpc) is 3.78. The number of nitrogens with zero attached hydrogens (tertiary/aromatic N) is 4. The van der Waals surface area contributed by atoms with Crippen LogP contribution in [-0.2, 0) is 25.7 Å². The topological polar surface area (TPSA) is 212 Å². The van der Waals surface area contributed by atoms with E-state index in [4.69, 9.17) is 45.8 Å². The van der Waals surface area contributed by atoms with Gasteiger partial charge in [0.2, 0.25) is 0 Å². The Morgan fingerprint density at radius 2 is 1.34 bits per heavy atom. The number of nitrogens with two attached hydrogens (primary N) is 3. The minimum absolute atomic E-state index is 0. The molecule has 14 heteroatoms. The van der Waals surface area contributed by atoms with Crippen molar-refractivity contribution >= 4 is 74.7 Å². The standard InChI is InChI=1S/C15H11Cl2N3.C15H14ClN5.H4N2.H2O/c16-12-7-10(8-18)14(17)20-15(12)19-13-6-2-4-9-3-1-5-11(9)13;16-11-7-10-13(17)20-21-14(10)19-15(11)18-12-6-2-4-8-3-1-5-9(8)12;1-2;/h2,4,6-7H,1,3,5H2,(H,19,20);2,4,6-7H,1,3,5H2,(H4,17,18,19,20,21);1-2H2;1H2. The number of halogens is 3. The first-order valence-electron chi connectivity index (χ1n) is 13.6. The summed E-state index contributed by atoms with van der Waals surface area (Å²) in [6, 6.07) is 17.8. The molecule has 5 aromatic rings. The quantitative estimate of drug-likeness (QED) is 0.0771. The van der Waals surface area contributed by atoms with Crippen LogP contribution in [0.3, 0.4) is 0 Å². The Kier molecular flexibility index (Phi) is 10.8. The highest BCUT2D eigenvalue weighted by atomic mass is 35.5. The molecular formula is C30H31Cl3N10O. The third-order valence-electron chi connectivity index (χ3n) is 7.38. The molecule has 7 rings (SSSR count). The number of nitrogen functional groups attached to an aromatic ring is 1. The van der Waals surface area contributed by atoms with Crippen LogP contribution >= 0.6 is 34.8 Å². The lowest BCUT2D eigenvalue weighted by molar-refractivity contribution is 0.824. The van der Waals surface area contributed by atoms with Gasteiger partial charge in [-0.25, -0.2) is 9.97 Å². The number of rotatable bonds is 4. The minimum Gasteiger partial charge on any atom is -0.412 e. The maximum absolute atomic E-state index is 8.90. The zero-order chi connectivity index (χ0) is 30.5. The second kappa shape index (κ2) is 14.5. The SMILES string of the molecule is N#Cc1cc(Cl)c(Nc2cccc3c2CCC3)nc1Cl.NN.Nc1[nH]nc2nc(Nc3cccc4c3CCC4)c(Cl)cc12.O. The zero-order valence-electron chi connectivity index (χ0n) is 23.5. The Morgan fingerprint density at radius 3 is 1.91 bits per heavy atom. The third kappa shape index (κ3) is 6.81. The Morgan fingerprint density at radius 1 is 0.795 bits per heavy atom. The predicted octanol–water partition coefficient (Wildman–Crippen LogP) is 5.91. The number of pyridine rings is 2. The first kappa shape index (κ1) is 32.8. The first-order chi connectivity index (χ1) is 20.9. The van der Waals surface area contributed by atoms with E-state index >= 15 is 0 Å². The maximum Gasteiger partial charge on any atom is 0.185 e. The summed E-state index contributed by atoms with van der Waals surface area (Å²) in [6.07, 6.45) is 6.77. The van der Waals surface area contributed by atoms with Gasteiger partial charge in [-0.1, -0.05) is 59.1 Å². The largest absolute Gasteiger partial charge is 0.412 e.